The van der Waals surface area contributed by atoms with Crippen LogP contribution in [0.1, 0.15) is 23.6 Å². The fourth-order valence-corrected chi connectivity index (χ4v) is 3.07. The lowest BCUT2D eigenvalue weighted by atomic mass is 9.76. The van der Waals surface area contributed by atoms with Gasteiger partial charge in [0.15, 0.2) is 0 Å². The third-order valence-electron chi connectivity index (χ3n) is 3.75. The number of rotatable bonds is 0. The molecular formula is C16H11ClN2. The molecule has 0 bridgehead atoms. The van der Waals surface area contributed by atoms with Gasteiger partial charge >= 0.3 is 0 Å². The lowest BCUT2D eigenvalue weighted by Crippen LogP contribution is -2.14. The number of hydrogen-bond donors (Lipinski definition) is 0. The number of allylic oxidation sites excluding steroid dienone is 4. The lowest BCUT2D eigenvalue weighted by Gasteiger charge is -2.29. The Hall–Kier alpha value is -1.93. The molecule has 3 heteroatoms. The second-order valence-electron chi connectivity index (χ2n) is 4.81. The summed E-state index contributed by atoms with van der Waals surface area (Å²) in [6.45, 7) is 0. The molecule has 1 atom stereocenters. The highest BCUT2D eigenvalue weighted by Crippen LogP contribution is 2.47. The molecule has 0 N–H and O–H groups in total. The van der Waals surface area contributed by atoms with Crippen LogP contribution in [-0.4, -0.2) is 9.97 Å². The second kappa shape index (κ2) is 4.04. The highest BCUT2D eigenvalue weighted by Gasteiger charge is 2.31. The number of aromatic nitrogens is 2. The van der Waals surface area contributed by atoms with Gasteiger partial charge in [-0.2, -0.15) is 0 Å². The predicted molar refractivity (Wildman–Crippen MR) is 77.0 cm³/mol. The Morgan fingerprint density at radius 3 is 2.89 bits per heavy atom. The zero-order chi connectivity index (χ0) is 12.8. The molecule has 0 saturated carbocycles. The minimum atomic E-state index is 0.305. The standard InChI is InChI=1S/C16H11ClN2/c17-14-9-18-15-12-7-3-1-5-10(12)11-6-2-4-8-13(11)16(15)19-14/h1-6,8-9,12H,7H2. The van der Waals surface area contributed by atoms with E-state index in [1.165, 1.54) is 11.1 Å². The zero-order valence-corrected chi connectivity index (χ0v) is 10.9. The van der Waals surface area contributed by atoms with E-state index in [0.717, 1.165) is 23.4 Å². The Morgan fingerprint density at radius 2 is 2.00 bits per heavy atom. The van der Waals surface area contributed by atoms with Crippen molar-refractivity contribution in [1.29, 1.82) is 0 Å². The summed E-state index contributed by atoms with van der Waals surface area (Å²) >= 11 is 6.02. The average Bonchev–Trinajstić information content (AvgIpc) is 2.47. The van der Waals surface area contributed by atoms with Gasteiger partial charge in [-0.1, -0.05) is 54.1 Å². The Labute approximate surface area is 116 Å². The van der Waals surface area contributed by atoms with Crippen LogP contribution in [0.25, 0.3) is 16.8 Å². The summed E-state index contributed by atoms with van der Waals surface area (Å²) in [5, 5.41) is 0.451. The SMILES string of the molecule is Clc1cnc2c(n1)-c1ccccc1C1=CC=CCC12. The fraction of sp³-hybridized carbons (Fsp3) is 0.125. The summed E-state index contributed by atoms with van der Waals surface area (Å²) in [4.78, 5) is 9.03. The van der Waals surface area contributed by atoms with Gasteiger partial charge in [-0.3, -0.25) is 4.98 Å². The predicted octanol–water partition coefficient (Wildman–Crippen LogP) is 4.24. The van der Waals surface area contributed by atoms with E-state index < -0.39 is 0 Å². The van der Waals surface area contributed by atoms with Gasteiger partial charge in [0, 0.05) is 11.5 Å². The molecule has 1 aromatic carbocycles. The van der Waals surface area contributed by atoms with Gasteiger partial charge in [0.1, 0.15) is 5.15 Å². The van der Waals surface area contributed by atoms with Gasteiger partial charge in [0.25, 0.3) is 0 Å². The summed E-state index contributed by atoms with van der Waals surface area (Å²) < 4.78 is 0. The van der Waals surface area contributed by atoms with Crippen LogP contribution in [0.4, 0.5) is 0 Å². The van der Waals surface area contributed by atoms with E-state index in [2.05, 4.69) is 46.4 Å². The van der Waals surface area contributed by atoms with Gasteiger partial charge in [-0.15, -0.1) is 0 Å². The summed E-state index contributed by atoms with van der Waals surface area (Å²) in [6.07, 6.45) is 9.11. The Bertz CT molecular complexity index is 731. The smallest absolute Gasteiger partial charge is 0.148 e. The first-order valence-corrected chi connectivity index (χ1v) is 6.71. The maximum atomic E-state index is 6.02. The average molecular weight is 267 g/mol. The van der Waals surface area contributed by atoms with Crippen LogP contribution in [0.2, 0.25) is 5.15 Å². The lowest BCUT2D eigenvalue weighted by molar-refractivity contribution is 0.818. The highest BCUT2D eigenvalue weighted by atomic mass is 35.5. The van der Waals surface area contributed by atoms with Crippen LogP contribution in [0.15, 0.2) is 48.7 Å². The van der Waals surface area contributed by atoms with Crippen LogP contribution in [0, 0.1) is 0 Å². The number of fused-ring (bicyclic) bond motifs is 6. The number of benzene rings is 1. The third-order valence-corrected chi connectivity index (χ3v) is 3.94. The van der Waals surface area contributed by atoms with Crippen molar-refractivity contribution in [3.8, 4) is 11.3 Å². The van der Waals surface area contributed by atoms with E-state index in [0.29, 0.717) is 11.1 Å². The molecule has 0 fully saturated rings. The first kappa shape index (κ1) is 10.9. The van der Waals surface area contributed by atoms with Gasteiger partial charge in [0.2, 0.25) is 0 Å². The Kier molecular flexibility index (Phi) is 2.32. The molecule has 0 aliphatic heterocycles. The maximum Gasteiger partial charge on any atom is 0.148 e. The second-order valence-corrected chi connectivity index (χ2v) is 5.20. The first-order chi connectivity index (χ1) is 9.34. The molecule has 92 valence electrons. The van der Waals surface area contributed by atoms with E-state index in [1.54, 1.807) is 6.20 Å². The van der Waals surface area contributed by atoms with Crippen molar-refractivity contribution in [1.82, 2.24) is 9.97 Å². The van der Waals surface area contributed by atoms with E-state index in [9.17, 15) is 0 Å². The molecule has 0 saturated heterocycles. The number of hydrogen-bond acceptors (Lipinski definition) is 2. The van der Waals surface area contributed by atoms with Crippen LogP contribution in [0.3, 0.4) is 0 Å². The molecule has 0 radical (unpaired) electrons. The van der Waals surface area contributed by atoms with Crippen molar-refractivity contribution in [2.75, 3.05) is 0 Å². The molecule has 2 aliphatic carbocycles. The fourth-order valence-electron chi connectivity index (χ4n) is 2.94. The molecule has 0 spiro atoms. The Balaban J connectivity index is 2.08. The molecular weight excluding hydrogens is 256 g/mol. The molecule has 1 unspecified atom stereocenters. The van der Waals surface area contributed by atoms with Gasteiger partial charge in [-0.25, -0.2) is 4.98 Å². The molecule has 1 aromatic heterocycles. The molecule has 19 heavy (non-hydrogen) atoms. The normalized spacial score (nSPS) is 19.2. The van der Waals surface area contributed by atoms with Crippen LogP contribution in [0.5, 0.6) is 0 Å². The molecule has 4 rings (SSSR count). The Morgan fingerprint density at radius 1 is 1.16 bits per heavy atom. The minimum Gasteiger partial charge on any atom is -0.255 e. The van der Waals surface area contributed by atoms with Crippen molar-refractivity contribution in [3.05, 3.63) is 65.1 Å². The zero-order valence-electron chi connectivity index (χ0n) is 10.2. The van der Waals surface area contributed by atoms with Crippen molar-refractivity contribution in [2.45, 2.75) is 12.3 Å². The largest absolute Gasteiger partial charge is 0.255 e. The maximum absolute atomic E-state index is 6.02. The number of nitrogens with zero attached hydrogens (tertiary/aromatic N) is 2. The van der Waals surface area contributed by atoms with Gasteiger partial charge in [0.05, 0.1) is 17.6 Å². The van der Waals surface area contributed by atoms with E-state index >= 15 is 0 Å². The van der Waals surface area contributed by atoms with Crippen molar-refractivity contribution in [2.24, 2.45) is 0 Å². The van der Waals surface area contributed by atoms with E-state index in [1.807, 2.05) is 6.07 Å². The van der Waals surface area contributed by atoms with Crippen molar-refractivity contribution >= 4 is 17.2 Å². The summed E-state index contributed by atoms with van der Waals surface area (Å²) in [7, 11) is 0. The summed E-state index contributed by atoms with van der Waals surface area (Å²) in [5.74, 6) is 0.305. The van der Waals surface area contributed by atoms with Crippen LogP contribution in [-0.2, 0) is 0 Å². The highest BCUT2D eigenvalue weighted by molar-refractivity contribution is 6.29. The molecule has 0 amide bonds. The topological polar surface area (TPSA) is 25.8 Å². The first-order valence-electron chi connectivity index (χ1n) is 6.33. The molecule has 1 heterocycles. The molecule has 2 aromatic rings. The van der Waals surface area contributed by atoms with Crippen molar-refractivity contribution in [3.63, 3.8) is 0 Å². The quantitative estimate of drug-likeness (QED) is 0.713. The van der Waals surface area contributed by atoms with Crippen molar-refractivity contribution < 1.29 is 0 Å². The van der Waals surface area contributed by atoms with Gasteiger partial charge < -0.3 is 0 Å². The number of halogens is 1. The molecule has 2 aliphatic rings. The monoisotopic (exact) mass is 266 g/mol. The minimum absolute atomic E-state index is 0.305. The van der Waals surface area contributed by atoms with Crippen LogP contribution >= 0.6 is 11.6 Å². The van der Waals surface area contributed by atoms with E-state index in [-0.39, 0.29) is 0 Å². The van der Waals surface area contributed by atoms with E-state index in [4.69, 9.17) is 11.6 Å². The summed E-state index contributed by atoms with van der Waals surface area (Å²) in [6, 6.07) is 8.34. The third kappa shape index (κ3) is 1.57. The van der Waals surface area contributed by atoms with Gasteiger partial charge in [-0.05, 0) is 17.6 Å². The van der Waals surface area contributed by atoms with Crippen LogP contribution < -0.4 is 0 Å². The molecule has 2 nitrogen and oxygen atoms in total. The summed E-state index contributed by atoms with van der Waals surface area (Å²) in [5.41, 5.74) is 5.69.